The van der Waals surface area contributed by atoms with Crippen molar-refractivity contribution in [3.8, 4) is 0 Å². The highest BCUT2D eigenvalue weighted by Crippen LogP contribution is 2.30. The molecule has 1 N–H and O–H groups in total. The predicted octanol–water partition coefficient (Wildman–Crippen LogP) is 3.09. The van der Waals surface area contributed by atoms with Gasteiger partial charge in [-0.2, -0.15) is 0 Å². The van der Waals surface area contributed by atoms with Crippen LogP contribution in [0.1, 0.15) is 12.8 Å². The minimum atomic E-state index is -0.649. The van der Waals surface area contributed by atoms with Crippen LogP contribution in [-0.4, -0.2) is 24.2 Å². The van der Waals surface area contributed by atoms with E-state index in [1.54, 1.807) is 0 Å². The lowest BCUT2D eigenvalue weighted by atomic mass is 10.2. The van der Waals surface area contributed by atoms with Crippen molar-refractivity contribution in [2.24, 2.45) is 0 Å². The summed E-state index contributed by atoms with van der Waals surface area (Å²) >= 11 is 3.01. The van der Waals surface area contributed by atoms with Gasteiger partial charge in [0.05, 0.1) is 21.6 Å². The maximum Gasteiger partial charge on any atom is 0.295 e. The second kappa shape index (κ2) is 5.62. The Hall–Kier alpha value is -1.21. The summed E-state index contributed by atoms with van der Waals surface area (Å²) in [7, 11) is 0. The first kappa shape index (κ1) is 13.2. The molecule has 0 bridgehead atoms. The highest BCUT2D eigenvalue weighted by molar-refractivity contribution is 9.10. The second-order valence-electron chi connectivity index (χ2n) is 4.06. The fourth-order valence-corrected chi connectivity index (χ4v) is 2.20. The molecule has 0 radical (unpaired) electrons. The van der Waals surface area contributed by atoms with Gasteiger partial charge in [-0.25, -0.2) is 4.39 Å². The van der Waals surface area contributed by atoms with E-state index in [4.69, 9.17) is 4.74 Å². The van der Waals surface area contributed by atoms with Gasteiger partial charge >= 0.3 is 0 Å². The highest BCUT2D eigenvalue weighted by Gasteiger charge is 2.20. The third kappa shape index (κ3) is 2.97. The van der Waals surface area contributed by atoms with Crippen molar-refractivity contribution in [3.63, 3.8) is 0 Å². The summed E-state index contributed by atoms with van der Waals surface area (Å²) in [4.78, 5) is 10.2. The Balaban J connectivity index is 2.14. The van der Waals surface area contributed by atoms with E-state index in [9.17, 15) is 14.5 Å². The summed E-state index contributed by atoms with van der Waals surface area (Å²) in [6.45, 7) is 1.21. The fourth-order valence-electron chi connectivity index (χ4n) is 1.86. The molecular weight excluding hydrogens is 307 g/mol. The number of nitrogens with zero attached hydrogens (tertiary/aromatic N) is 1. The summed E-state index contributed by atoms with van der Waals surface area (Å²) < 4.78 is 18.9. The fraction of sp³-hybridized carbons (Fsp3) is 0.455. The van der Waals surface area contributed by atoms with Gasteiger partial charge in [-0.05, 0) is 34.8 Å². The molecule has 1 aromatic carbocycles. The van der Waals surface area contributed by atoms with Crippen molar-refractivity contribution < 1.29 is 14.1 Å². The van der Waals surface area contributed by atoms with Crippen molar-refractivity contribution in [2.75, 3.05) is 18.5 Å². The Morgan fingerprint density at radius 1 is 1.61 bits per heavy atom. The van der Waals surface area contributed by atoms with Crippen molar-refractivity contribution in [3.05, 3.63) is 32.5 Å². The molecule has 1 heterocycles. The van der Waals surface area contributed by atoms with Gasteiger partial charge in [0, 0.05) is 13.2 Å². The van der Waals surface area contributed by atoms with Gasteiger partial charge in [-0.3, -0.25) is 10.1 Å². The van der Waals surface area contributed by atoms with Crippen LogP contribution in [0, 0.1) is 15.9 Å². The molecule has 98 valence electrons. The number of ether oxygens (including phenoxy) is 1. The number of nitro benzene ring substituents is 1. The van der Waals surface area contributed by atoms with E-state index >= 15 is 0 Å². The molecule has 1 unspecified atom stereocenters. The summed E-state index contributed by atoms with van der Waals surface area (Å²) in [6, 6.07) is 2.28. The summed E-state index contributed by atoms with van der Waals surface area (Å²) in [5.41, 5.74) is 0.0254. The Labute approximate surface area is 112 Å². The molecule has 1 saturated heterocycles. The van der Waals surface area contributed by atoms with E-state index < -0.39 is 10.7 Å². The Morgan fingerprint density at radius 2 is 2.39 bits per heavy atom. The molecule has 0 amide bonds. The van der Waals surface area contributed by atoms with Gasteiger partial charge in [-0.15, -0.1) is 0 Å². The molecule has 1 aromatic rings. The molecule has 0 aliphatic carbocycles. The summed E-state index contributed by atoms with van der Waals surface area (Å²) in [6.07, 6.45) is 2.00. The van der Waals surface area contributed by atoms with Crippen LogP contribution in [0.3, 0.4) is 0 Å². The van der Waals surface area contributed by atoms with Crippen molar-refractivity contribution in [1.29, 1.82) is 0 Å². The van der Waals surface area contributed by atoms with Crippen LogP contribution >= 0.6 is 15.9 Å². The third-order valence-corrected chi connectivity index (χ3v) is 3.39. The van der Waals surface area contributed by atoms with E-state index in [-0.39, 0.29) is 16.3 Å². The van der Waals surface area contributed by atoms with Crippen LogP contribution in [0.5, 0.6) is 0 Å². The topological polar surface area (TPSA) is 64.4 Å². The number of benzene rings is 1. The lowest BCUT2D eigenvalue weighted by Gasteiger charge is -2.12. The Kier molecular flexibility index (Phi) is 4.13. The molecule has 1 atom stereocenters. The molecule has 1 fully saturated rings. The molecular formula is C11H12BrFN2O3. The van der Waals surface area contributed by atoms with Gasteiger partial charge in [0.15, 0.2) is 0 Å². The molecule has 0 saturated carbocycles. The lowest BCUT2D eigenvalue weighted by molar-refractivity contribution is -0.384. The number of rotatable bonds is 4. The SMILES string of the molecule is O=[N+]([O-])c1cc(F)c(Br)cc1NCC1CCCO1. The minimum Gasteiger partial charge on any atom is -0.377 e. The number of anilines is 1. The first-order valence-corrected chi connectivity index (χ1v) is 6.36. The quantitative estimate of drug-likeness (QED) is 0.684. The van der Waals surface area contributed by atoms with Crippen molar-refractivity contribution >= 4 is 27.3 Å². The van der Waals surface area contributed by atoms with E-state index in [1.165, 1.54) is 6.07 Å². The monoisotopic (exact) mass is 318 g/mol. The van der Waals surface area contributed by atoms with Crippen molar-refractivity contribution in [1.82, 2.24) is 0 Å². The zero-order valence-corrected chi connectivity index (χ0v) is 11.1. The van der Waals surface area contributed by atoms with E-state index in [0.29, 0.717) is 12.2 Å². The zero-order chi connectivity index (χ0) is 13.1. The average Bonchev–Trinajstić information content (AvgIpc) is 2.83. The predicted molar refractivity (Wildman–Crippen MR) is 68.2 cm³/mol. The van der Waals surface area contributed by atoms with Gasteiger partial charge in [0.25, 0.3) is 5.69 Å². The van der Waals surface area contributed by atoms with Crippen LogP contribution in [0.4, 0.5) is 15.8 Å². The van der Waals surface area contributed by atoms with Crippen LogP contribution in [0.15, 0.2) is 16.6 Å². The minimum absolute atomic E-state index is 0.0634. The largest absolute Gasteiger partial charge is 0.377 e. The van der Waals surface area contributed by atoms with Crippen LogP contribution in [0.2, 0.25) is 0 Å². The molecule has 2 rings (SSSR count). The molecule has 5 nitrogen and oxygen atoms in total. The number of nitrogens with one attached hydrogen (secondary N) is 1. The van der Waals surface area contributed by atoms with E-state index in [2.05, 4.69) is 21.2 Å². The van der Waals surface area contributed by atoms with Crippen LogP contribution in [0.25, 0.3) is 0 Å². The van der Waals surface area contributed by atoms with Crippen LogP contribution < -0.4 is 5.32 Å². The molecule has 18 heavy (non-hydrogen) atoms. The second-order valence-corrected chi connectivity index (χ2v) is 4.91. The van der Waals surface area contributed by atoms with Gasteiger partial charge < -0.3 is 10.1 Å². The van der Waals surface area contributed by atoms with Crippen LogP contribution in [-0.2, 0) is 4.74 Å². The number of halogens is 2. The Morgan fingerprint density at radius 3 is 3.00 bits per heavy atom. The molecule has 0 aromatic heterocycles. The number of nitro groups is 1. The smallest absolute Gasteiger partial charge is 0.295 e. The highest BCUT2D eigenvalue weighted by atomic mass is 79.9. The first-order chi connectivity index (χ1) is 8.58. The maximum atomic E-state index is 13.3. The van der Waals surface area contributed by atoms with Crippen molar-refractivity contribution in [2.45, 2.75) is 18.9 Å². The molecule has 1 aliphatic rings. The molecule has 0 spiro atoms. The molecule has 7 heteroatoms. The normalized spacial score (nSPS) is 18.9. The lowest BCUT2D eigenvalue weighted by Crippen LogP contribution is -2.19. The molecule has 1 aliphatic heterocycles. The van der Waals surface area contributed by atoms with Gasteiger partial charge in [0.2, 0.25) is 0 Å². The zero-order valence-electron chi connectivity index (χ0n) is 9.49. The van der Waals surface area contributed by atoms with E-state index in [0.717, 1.165) is 25.5 Å². The standard InChI is InChI=1S/C11H12BrFN2O3/c12-8-4-10(11(15(16)17)5-9(8)13)14-6-7-2-1-3-18-7/h4-5,7,14H,1-3,6H2. The van der Waals surface area contributed by atoms with Gasteiger partial charge in [-0.1, -0.05) is 0 Å². The number of hydrogen-bond acceptors (Lipinski definition) is 4. The van der Waals surface area contributed by atoms with E-state index in [1.807, 2.05) is 0 Å². The third-order valence-electron chi connectivity index (χ3n) is 2.78. The first-order valence-electron chi connectivity index (χ1n) is 5.57. The maximum absolute atomic E-state index is 13.3. The summed E-state index contributed by atoms with van der Waals surface area (Å²) in [5.74, 6) is -0.649. The average molecular weight is 319 g/mol. The Bertz CT molecular complexity index is 464. The van der Waals surface area contributed by atoms with Gasteiger partial charge in [0.1, 0.15) is 11.5 Å². The summed E-state index contributed by atoms with van der Waals surface area (Å²) in [5, 5.41) is 13.8. The number of hydrogen-bond donors (Lipinski definition) is 1.